The van der Waals surface area contributed by atoms with Gasteiger partial charge in [0, 0.05) is 32.9 Å². The molecule has 2 heterocycles. The summed E-state index contributed by atoms with van der Waals surface area (Å²) in [7, 11) is 5.50. The number of rotatable bonds is 4. The number of aryl methyl sites for hydroxylation is 2. The number of nitrogens with zero attached hydrogens (tertiary/aromatic N) is 4. The Morgan fingerprint density at radius 3 is 2.71 bits per heavy atom. The lowest BCUT2D eigenvalue weighted by Gasteiger charge is -2.17. The van der Waals surface area contributed by atoms with Crippen LogP contribution in [0.5, 0.6) is 0 Å². The second-order valence-corrected chi connectivity index (χ2v) is 4.65. The molecule has 2 aromatic heterocycles. The van der Waals surface area contributed by atoms with Gasteiger partial charge in [-0.25, -0.2) is 4.98 Å². The molecule has 0 aromatic carbocycles. The monoisotopic (exact) mass is 333 g/mol. The van der Waals surface area contributed by atoms with Crippen molar-refractivity contribution in [1.29, 1.82) is 0 Å². The van der Waals surface area contributed by atoms with Gasteiger partial charge in [-0.05, 0) is 20.0 Å². The molecule has 0 radical (unpaired) electrons. The van der Waals surface area contributed by atoms with Gasteiger partial charge in [-0.3, -0.25) is 9.48 Å². The van der Waals surface area contributed by atoms with Crippen LogP contribution in [0.15, 0.2) is 12.3 Å². The summed E-state index contributed by atoms with van der Waals surface area (Å²) in [5.74, 6) is -0.00116. The molecule has 0 unspecified atom stereocenters. The second-order valence-electron chi connectivity index (χ2n) is 4.65. The Labute approximate surface area is 136 Å². The van der Waals surface area contributed by atoms with E-state index in [2.05, 4.69) is 15.4 Å². The minimum Gasteiger partial charge on any atom is -0.340 e. The molecule has 0 aliphatic heterocycles. The maximum absolute atomic E-state index is 12.5. The summed E-state index contributed by atoms with van der Waals surface area (Å²) in [5, 5.41) is 8.01. The molecule has 8 heteroatoms. The number of fused-ring (bicyclic) bond motifs is 1. The number of amides is 1. The molecule has 0 fully saturated rings. The van der Waals surface area contributed by atoms with Crippen LogP contribution in [-0.2, 0) is 7.05 Å². The molecule has 0 bridgehead atoms. The number of hydrogen-bond donors (Lipinski definition) is 1. The number of hydrogen-bond acceptors (Lipinski definition) is 4. The quantitative estimate of drug-likeness (QED) is 0.918. The number of halogens is 2. The maximum atomic E-state index is 12.5. The predicted octanol–water partition coefficient (Wildman–Crippen LogP) is 1.41. The molecule has 21 heavy (non-hydrogen) atoms. The van der Waals surface area contributed by atoms with E-state index in [-0.39, 0.29) is 30.7 Å². The third kappa shape index (κ3) is 4.06. The van der Waals surface area contributed by atoms with Crippen molar-refractivity contribution in [1.82, 2.24) is 25.0 Å². The first-order valence-electron chi connectivity index (χ1n) is 6.24. The first kappa shape index (κ1) is 19.6. The lowest BCUT2D eigenvalue weighted by molar-refractivity contribution is 0.0798. The highest BCUT2D eigenvalue weighted by Gasteiger charge is 2.17. The lowest BCUT2D eigenvalue weighted by Crippen LogP contribution is -2.33. The van der Waals surface area contributed by atoms with E-state index < -0.39 is 0 Å². The first-order valence-corrected chi connectivity index (χ1v) is 6.24. The summed E-state index contributed by atoms with van der Waals surface area (Å²) in [5.41, 5.74) is 2.22. The van der Waals surface area contributed by atoms with Crippen LogP contribution in [0.3, 0.4) is 0 Å². The summed E-state index contributed by atoms with van der Waals surface area (Å²) in [4.78, 5) is 18.6. The van der Waals surface area contributed by atoms with E-state index in [4.69, 9.17) is 0 Å². The molecule has 2 aromatic rings. The van der Waals surface area contributed by atoms with E-state index in [0.717, 1.165) is 23.3 Å². The van der Waals surface area contributed by atoms with Crippen molar-refractivity contribution in [3.8, 4) is 0 Å². The Balaban J connectivity index is 0.00000200. The van der Waals surface area contributed by atoms with Gasteiger partial charge in [-0.2, -0.15) is 5.10 Å². The van der Waals surface area contributed by atoms with Crippen molar-refractivity contribution in [2.24, 2.45) is 7.05 Å². The van der Waals surface area contributed by atoms with Gasteiger partial charge in [0.25, 0.3) is 5.91 Å². The average Bonchev–Trinajstić information content (AvgIpc) is 2.76. The molecule has 1 amide bonds. The zero-order valence-corrected chi connectivity index (χ0v) is 14.2. The Bertz CT molecular complexity index is 614. The van der Waals surface area contributed by atoms with Crippen LogP contribution in [0.2, 0.25) is 0 Å². The number of aromatic nitrogens is 3. The van der Waals surface area contributed by atoms with E-state index in [1.54, 1.807) is 22.8 Å². The van der Waals surface area contributed by atoms with Crippen molar-refractivity contribution in [2.75, 3.05) is 27.2 Å². The molecule has 0 atom stereocenters. The SMILES string of the molecule is CNCCN(C)C(=O)c1cc(C)nc2c1cnn2C.Cl.Cl. The van der Waals surface area contributed by atoms with Crippen LogP contribution in [0.25, 0.3) is 11.0 Å². The Morgan fingerprint density at radius 1 is 1.43 bits per heavy atom. The van der Waals surface area contributed by atoms with Crippen LogP contribution in [-0.4, -0.2) is 52.8 Å². The Morgan fingerprint density at radius 2 is 2.10 bits per heavy atom. The largest absolute Gasteiger partial charge is 0.340 e. The topological polar surface area (TPSA) is 63.1 Å². The van der Waals surface area contributed by atoms with Crippen LogP contribution < -0.4 is 5.32 Å². The van der Waals surface area contributed by atoms with E-state index in [9.17, 15) is 4.79 Å². The summed E-state index contributed by atoms with van der Waals surface area (Å²) < 4.78 is 1.69. The smallest absolute Gasteiger partial charge is 0.254 e. The number of nitrogens with one attached hydrogen (secondary N) is 1. The summed E-state index contributed by atoms with van der Waals surface area (Å²) in [6, 6.07) is 1.82. The molecule has 2 rings (SSSR count). The zero-order chi connectivity index (χ0) is 14.0. The fourth-order valence-electron chi connectivity index (χ4n) is 2.00. The van der Waals surface area contributed by atoms with Crippen LogP contribution in [0.4, 0.5) is 0 Å². The highest BCUT2D eigenvalue weighted by molar-refractivity contribution is 6.05. The molecular formula is C13H21Cl2N5O. The highest BCUT2D eigenvalue weighted by atomic mass is 35.5. The fourth-order valence-corrected chi connectivity index (χ4v) is 2.00. The van der Waals surface area contributed by atoms with E-state index in [0.29, 0.717) is 12.1 Å². The zero-order valence-electron chi connectivity index (χ0n) is 12.6. The van der Waals surface area contributed by atoms with Crippen molar-refractivity contribution in [2.45, 2.75) is 6.92 Å². The third-order valence-electron chi connectivity index (χ3n) is 3.11. The van der Waals surface area contributed by atoms with E-state index in [1.165, 1.54) is 0 Å². The van der Waals surface area contributed by atoms with Gasteiger partial charge in [0.2, 0.25) is 0 Å². The Hall–Kier alpha value is -1.37. The maximum Gasteiger partial charge on any atom is 0.254 e. The lowest BCUT2D eigenvalue weighted by atomic mass is 10.1. The molecule has 6 nitrogen and oxygen atoms in total. The molecule has 0 aliphatic rings. The molecule has 0 spiro atoms. The van der Waals surface area contributed by atoms with Gasteiger partial charge < -0.3 is 10.2 Å². The molecule has 0 saturated carbocycles. The van der Waals surface area contributed by atoms with Crippen molar-refractivity contribution >= 4 is 41.8 Å². The minimum absolute atomic E-state index is 0. The molecule has 0 aliphatic carbocycles. The average molecular weight is 334 g/mol. The molecule has 0 saturated heterocycles. The number of pyridine rings is 1. The minimum atomic E-state index is -0.00116. The van der Waals surface area contributed by atoms with Gasteiger partial charge in [0.1, 0.15) is 0 Å². The summed E-state index contributed by atoms with van der Waals surface area (Å²) in [6.07, 6.45) is 1.70. The third-order valence-corrected chi connectivity index (χ3v) is 3.11. The van der Waals surface area contributed by atoms with Crippen molar-refractivity contribution in [3.63, 3.8) is 0 Å². The summed E-state index contributed by atoms with van der Waals surface area (Å²) in [6.45, 7) is 3.32. The number of carbonyl (C=O) groups is 1. The van der Waals surface area contributed by atoms with E-state index in [1.807, 2.05) is 27.1 Å². The van der Waals surface area contributed by atoms with Gasteiger partial charge in [-0.1, -0.05) is 0 Å². The van der Waals surface area contributed by atoms with Crippen LogP contribution in [0.1, 0.15) is 16.1 Å². The molecule has 1 N–H and O–H groups in total. The van der Waals surface area contributed by atoms with Gasteiger partial charge in [-0.15, -0.1) is 24.8 Å². The second kappa shape index (κ2) is 8.17. The fraction of sp³-hybridized carbons (Fsp3) is 0.462. The predicted molar refractivity (Wildman–Crippen MR) is 88.6 cm³/mol. The molecular weight excluding hydrogens is 313 g/mol. The normalized spacial score (nSPS) is 9.90. The Kier molecular flexibility index (Phi) is 7.63. The van der Waals surface area contributed by atoms with Gasteiger partial charge in [0.15, 0.2) is 5.65 Å². The standard InChI is InChI=1S/C13H19N5O.2ClH/c1-9-7-10(13(19)17(3)6-5-14-2)11-8-15-18(4)12(11)16-9;;/h7-8,14H,5-6H2,1-4H3;2*1H. The molecule has 118 valence electrons. The first-order chi connectivity index (χ1) is 9.04. The van der Waals surface area contributed by atoms with Crippen molar-refractivity contribution < 1.29 is 4.79 Å². The summed E-state index contributed by atoms with van der Waals surface area (Å²) >= 11 is 0. The number of likely N-dealkylation sites (N-methyl/N-ethyl adjacent to an activating group) is 2. The van der Waals surface area contributed by atoms with Gasteiger partial charge in [0.05, 0.1) is 17.1 Å². The van der Waals surface area contributed by atoms with Crippen LogP contribution >= 0.6 is 24.8 Å². The van der Waals surface area contributed by atoms with Crippen LogP contribution in [0, 0.1) is 6.92 Å². The van der Waals surface area contributed by atoms with Gasteiger partial charge >= 0.3 is 0 Å². The highest BCUT2D eigenvalue weighted by Crippen LogP contribution is 2.18. The van der Waals surface area contributed by atoms with Crippen molar-refractivity contribution in [3.05, 3.63) is 23.5 Å². The van der Waals surface area contributed by atoms with E-state index >= 15 is 0 Å². The number of carbonyl (C=O) groups excluding carboxylic acids is 1.